The molecule has 104 valence electrons. The summed E-state index contributed by atoms with van der Waals surface area (Å²) in [6.45, 7) is 4.27. The molecule has 0 aliphatic carbocycles. The number of rotatable bonds is 7. The highest BCUT2D eigenvalue weighted by molar-refractivity contribution is 5.73. The van der Waals surface area contributed by atoms with Gasteiger partial charge in [-0.15, -0.1) is 0 Å². The summed E-state index contributed by atoms with van der Waals surface area (Å²) < 4.78 is 4.98. The van der Waals surface area contributed by atoms with Gasteiger partial charge < -0.3 is 14.8 Å². The van der Waals surface area contributed by atoms with Gasteiger partial charge in [-0.2, -0.15) is 0 Å². The van der Waals surface area contributed by atoms with Crippen molar-refractivity contribution in [1.82, 2.24) is 5.32 Å². The molecule has 0 aliphatic rings. The maximum atomic E-state index is 11.4. The molecule has 1 aromatic rings. The van der Waals surface area contributed by atoms with Gasteiger partial charge in [0.1, 0.15) is 6.29 Å². The quantitative estimate of drug-likeness (QED) is 0.769. The average molecular weight is 263 g/mol. The Morgan fingerprint density at radius 3 is 2.58 bits per heavy atom. The maximum Gasteiger partial charge on any atom is 0.407 e. The maximum absolute atomic E-state index is 11.4. The molecular formula is C15H21NO3. The van der Waals surface area contributed by atoms with Crippen molar-refractivity contribution in [2.75, 3.05) is 6.61 Å². The molecule has 1 aromatic carbocycles. The first-order chi connectivity index (χ1) is 9.11. The van der Waals surface area contributed by atoms with Gasteiger partial charge in [-0.25, -0.2) is 4.79 Å². The van der Waals surface area contributed by atoms with Crippen LogP contribution in [0.4, 0.5) is 4.79 Å². The van der Waals surface area contributed by atoms with E-state index in [1.54, 1.807) is 0 Å². The summed E-state index contributed by atoms with van der Waals surface area (Å²) in [4.78, 5) is 22.4. The number of aldehydes is 1. The molecule has 1 unspecified atom stereocenters. The summed E-state index contributed by atoms with van der Waals surface area (Å²) in [5.74, 6) is 0.282. The van der Waals surface area contributed by atoms with Gasteiger partial charge in [0.25, 0.3) is 0 Å². The van der Waals surface area contributed by atoms with Crippen LogP contribution in [0.1, 0.15) is 25.8 Å². The summed E-state index contributed by atoms with van der Waals surface area (Å²) in [5.41, 5.74) is 1.15. The van der Waals surface area contributed by atoms with Crippen molar-refractivity contribution in [1.29, 1.82) is 0 Å². The molecule has 1 amide bonds. The second-order valence-electron chi connectivity index (χ2n) is 4.90. The normalized spacial score (nSPS) is 11.9. The van der Waals surface area contributed by atoms with Crippen LogP contribution < -0.4 is 5.32 Å². The number of hydrogen-bond donors (Lipinski definition) is 1. The molecule has 0 saturated heterocycles. The van der Waals surface area contributed by atoms with Crippen molar-refractivity contribution in [2.45, 2.75) is 32.7 Å². The summed E-state index contributed by atoms with van der Waals surface area (Å²) in [6, 6.07) is 9.35. The molecule has 0 bridgehead atoms. The monoisotopic (exact) mass is 263 g/mol. The Morgan fingerprint density at radius 1 is 1.32 bits per heavy atom. The first-order valence-corrected chi connectivity index (χ1v) is 6.54. The zero-order valence-electron chi connectivity index (χ0n) is 11.5. The van der Waals surface area contributed by atoms with Crippen LogP contribution in [0.3, 0.4) is 0 Å². The first kappa shape index (κ1) is 15.2. The lowest BCUT2D eigenvalue weighted by atomic mass is 10.1. The first-order valence-electron chi connectivity index (χ1n) is 6.54. The topological polar surface area (TPSA) is 55.4 Å². The van der Waals surface area contributed by atoms with Gasteiger partial charge in [0.15, 0.2) is 0 Å². The van der Waals surface area contributed by atoms with Crippen LogP contribution in [0, 0.1) is 5.92 Å². The zero-order chi connectivity index (χ0) is 14.1. The smallest absolute Gasteiger partial charge is 0.407 e. The van der Waals surface area contributed by atoms with Crippen molar-refractivity contribution >= 4 is 12.4 Å². The third kappa shape index (κ3) is 6.60. The highest BCUT2D eigenvalue weighted by atomic mass is 16.5. The van der Waals surface area contributed by atoms with Gasteiger partial charge in [-0.05, 0) is 24.3 Å². The molecule has 0 aromatic heterocycles. The number of carbonyl (C=O) groups is 2. The van der Waals surface area contributed by atoms with E-state index in [2.05, 4.69) is 5.32 Å². The van der Waals surface area contributed by atoms with Crippen molar-refractivity contribution in [3.8, 4) is 0 Å². The molecule has 0 fully saturated rings. The number of benzene rings is 1. The minimum absolute atomic E-state index is 0.282. The average Bonchev–Trinajstić information content (AvgIpc) is 2.42. The molecule has 0 spiro atoms. The van der Waals surface area contributed by atoms with Crippen LogP contribution in [0.25, 0.3) is 0 Å². The summed E-state index contributed by atoms with van der Waals surface area (Å²) in [7, 11) is 0. The fourth-order valence-corrected chi connectivity index (χ4v) is 1.58. The van der Waals surface area contributed by atoms with Crippen molar-refractivity contribution < 1.29 is 14.3 Å². The van der Waals surface area contributed by atoms with Crippen LogP contribution in [0.15, 0.2) is 30.3 Å². The lowest BCUT2D eigenvalue weighted by Crippen LogP contribution is -2.37. The summed E-state index contributed by atoms with van der Waals surface area (Å²) >= 11 is 0. The number of ether oxygens (including phenoxy) is 1. The molecule has 0 aliphatic heterocycles. The summed E-state index contributed by atoms with van der Waals surface area (Å²) in [5, 5.41) is 2.56. The van der Waals surface area contributed by atoms with Gasteiger partial charge in [0.05, 0.1) is 12.6 Å². The number of nitrogens with one attached hydrogen (secondary N) is 1. The predicted molar refractivity (Wildman–Crippen MR) is 73.9 cm³/mol. The van der Waals surface area contributed by atoms with Crippen LogP contribution in [0.5, 0.6) is 0 Å². The van der Waals surface area contributed by atoms with E-state index in [0.717, 1.165) is 18.3 Å². The molecule has 4 heteroatoms. The van der Waals surface area contributed by atoms with Gasteiger partial charge in [-0.1, -0.05) is 44.2 Å². The van der Waals surface area contributed by atoms with Crippen LogP contribution in [-0.2, 0) is 16.0 Å². The number of hydrogen-bond acceptors (Lipinski definition) is 3. The van der Waals surface area contributed by atoms with Crippen LogP contribution in [-0.4, -0.2) is 25.0 Å². The van der Waals surface area contributed by atoms with Crippen LogP contribution >= 0.6 is 0 Å². The van der Waals surface area contributed by atoms with E-state index in [9.17, 15) is 9.59 Å². The number of amides is 1. The molecule has 19 heavy (non-hydrogen) atoms. The van der Waals surface area contributed by atoms with Gasteiger partial charge >= 0.3 is 6.09 Å². The highest BCUT2D eigenvalue weighted by Crippen LogP contribution is 2.04. The van der Waals surface area contributed by atoms with Crippen molar-refractivity contribution in [3.05, 3.63) is 35.9 Å². The fraction of sp³-hybridized carbons (Fsp3) is 0.467. The highest BCUT2D eigenvalue weighted by Gasteiger charge is 2.12. The predicted octanol–water partition coefficient (Wildman–Crippen LogP) is 2.57. The van der Waals surface area contributed by atoms with Gasteiger partial charge in [-0.3, -0.25) is 0 Å². The van der Waals surface area contributed by atoms with E-state index < -0.39 is 12.1 Å². The largest absolute Gasteiger partial charge is 0.449 e. The van der Waals surface area contributed by atoms with E-state index in [1.807, 2.05) is 44.2 Å². The lowest BCUT2D eigenvalue weighted by molar-refractivity contribution is -0.109. The molecular weight excluding hydrogens is 242 g/mol. The molecule has 1 N–H and O–H groups in total. The van der Waals surface area contributed by atoms with E-state index >= 15 is 0 Å². The van der Waals surface area contributed by atoms with Crippen LogP contribution in [0.2, 0.25) is 0 Å². The van der Waals surface area contributed by atoms with Gasteiger partial charge in [0.2, 0.25) is 0 Å². The summed E-state index contributed by atoms with van der Waals surface area (Å²) in [6.07, 6.45) is 1.54. The Kier molecular flexibility index (Phi) is 6.64. The number of alkyl carbamates (subject to hydrolysis) is 1. The Morgan fingerprint density at radius 2 is 2.00 bits per heavy atom. The van der Waals surface area contributed by atoms with E-state index in [1.165, 1.54) is 0 Å². The molecule has 0 radical (unpaired) electrons. The molecule has 0 saturated carbocycles. The van der Waals surface area contributed by atoms with Crippen molar-refractivity contribution in [3.63, 3.8) is 0 Å². The minimum atomic E-state index is -0.529. The Hall–Kier alpha value is -1.84. The zero-order valence-corrected chi connectivity index (χ0v) is 11.5. The van der Waals surface area contributed by atoms with Crippen molar-refractivity contribution in [2.24, 2.45) is 5.92 Å². The Bertz CT molecular complexity index is 390. The standard InChI is InChI=1S/C15H21NO3/c1-12(2)11-19-15(18)16-14(10-17)9-8-13-6-4-3-5-7-13/h3-7,10,12,14H,8-9,11H2,1-2H3,(H,16,18). The second-order valence-corrected chi connectivity index (χ2v) is 4.90. The van der Waals surface area contributed by atoms with E-state index in [-0.39, 0.29) is 5.92 Å². The third-order valence-electron chi connectivity index (χ3n) is 2.60. The lowest BCUT2D eigenvalue weighted by Gasteiger charge is -2.13. The minimum Gasteiger partial charge on any atom is -0.449 e. The third-order valence-corrected chi connectivity index (χ3v) is 2.60. The second kappa shape index (κ2) is 8.29. The molecule has 1 rings (SSSR count). The molecule has 4 nitrogen and oxygen atoms in total. The number of carbonyl (C=O) groups excluding carboxylic acids is 2. The SMILES string of the molecule is CC(C)COC(=O)NC(C=O)CCc1ccccc1. The Labute approximate surface area is 114 Å². The molecule has 1 atom stereocenters. The Balaban J connectivity index is 2.33. The van der Waals surface area contributed by atoms with E-state index in [4.69, 9.17) is 4.74 Å². The van der Waals surface area contributed by atoms with Gasteiger partial charge in [0, 0.05) is 0 Å². The number of aryl methyl sites for hydroxylation is 1. The van der Waals surface area contributed by atoms with E-state index in [0.29, 0.717) is 13.0 Å². The molecule has 0 heterocycles. The fourth-order valence-electron chi connectivity index (χ4n) is 1.58.